The Hall–Kier alpha value is -6.34. The van der Waals surface area contributed by atoms with Gasteiger partial charge >= 0.3 is 0 Å². The molecule has 6 aliphatic rings. The van der Waals surface area contributed by atoms with Gasteiger partial charge in [-0.3, -0.25) is 19.2 Å². The number of ketones is 4. The maximum absolute atomic E-state index is 14.1. The standard InChI is InChI=1S/C58H40O4S2/c59-51-41-23-35-19-31-11-3-4-12-32(31)20-36(35)24-42(41)52(60)45(51)27-39-29-47-55(63-39)50-49(57(47)15-7-1-8-16-57)56-48(58(50)17-9-2-10-18-58)30-40(64-56)28-46-53(61)43-25-37-21-33-13-5-6-14-34(33)22-38(37)26-44(43)54(46)62/h3-6,11-14,19-30H,1-2,7-10,15-18H2. The molecule has 0 bridgehead atoms. The largest absolute Gasteiger partial charge is 0.288 e. The van der Waals surface area contributed by atoms with Gasteiger partial charge in [0.05, 0.1) is 11.1 Å². The fourth-order valence-electron chi connectivity index (χ4n) is 12.9. The second-order valence-electron chi connectivity index (χ2n) is 19.1. The first kappa shape index (κ1) is 37.1. The zero-order valence-corrected chi connectivity index (χ0v) is 36.7. The minimum Gasteiger partial charge on any atom is -0.288 e. The second-order valence-corrected chi connectivity index (χ2v) is 21.3. The summed E-state index contributed by atoms with van der Waals surface area (Å²) in [6.45, 7) is 0. The third kappa shape index (κ3) is 4.93. The highest BCUT2D eigenvalue weighted by Crippen LogP contribution is 2.71. The summed E-state index contributed by atoms with van der Waals surface area (Å²) in [5.41, 5.74) is 7.95. The van der Waals surface area contributed by atoms with Gasteiger partial charge in [-0.1, -0.05) is 87.1 Å². The van der Waals surface area contributed by atoms with Crippen LogP contribution < -0.4 is 0 Å². The van der Waals surface area contributed by atoms with Crippen molar-refractivity contribution in [3.8, 4) is 0 Å². The molecular weight excluding hydrogens is 825 g/mol. The molecule has 2 aromatic heterocycles. The number of thiophene rings is 2. The van der Waals surface area contributed by atoms with Crippen molar-refractivity contribution >= 4 is 112 Å². The number of hydrogen-bond acceptors (Lipinski definition) is 6. The molecule has 0 radical (unpaired) electrons. The lowest BCUT2D eigenvalue weighted by atomic mass is 9.67. The Morgan fingerprint density at radius 3 is 1.00 bits per heavy atom. The Kier molecular flexibility index (Phi) is 7.60. The second kappa shape index (κ2) is 13.1. The number of carbonyl (C=O) groups excluding carboxylic acids is 4. The maximum Gasteiger partial charge on any atom is 0.197 e. The molecule has 2 fully saturated rings. The summed E-state index contributed by atoms with van der Waals surface area (Å²) >= 11 is 3.54. The highest BCUT2D eigenvalue weighted by atomic mass is 32.1. The van der Waals surface area contributed by atoms with E-state index in [2.05, 4.69) is 60.7 Å². The van der Waals surface area contributed by atoms with Crippen LogP contribution in [0.2, 0.25) is 0 Å². The van der Waals surface area contributed by atoms with Crippen molar-refractivity contribution in [1.29, 1.82) is 0 Å². The van der Waals surface area contributed by atoms with E-state index >= 15 is 0 Å². The van der Waals surface area contributed by atoms with E-state index in [0.717, 1.165) is 104 Å². The normalized spacial score (nSPS) is 19.2. The number of rotatable bonds is 2. The van der Waals surface area contributed by atoms with E-state index in [1.165, 1.54) is 44.9 Å². The molecule has 6 aromatic carbocycles. The van der Waals surface area contributed by atoms with E-state index in [1.807, 2.05) is 60.7 Å². The van der Waals surface area contributed by atoms with Crippen molar-refractivity contribution in [1.82, 2.24) is 0 Å². The Balaban J connectivity index is 0.871. The van der Waals surface area contributed by atoms with Crippen molar-refractivity contribution in [2.45, 2.75) is 75.0 Å². The number of hydrogen-bond donors (Lipinski definition) is 0. The predicted octanol–water partition coefficient (Wildman–Crippen LogP) is 14.7. The van der Waals surface area contributed by atoms with Gasteiger partial charge in [0, 0.05) is 52.6 Å². The molecule has 0 amide bonds. The summed E-state index contributed by atoms with van der Waals surface area (Å²) in [7, 11) is 0. The molecule has 308 valence electrons. The average Bonchev–Trinajstić information content (AvgIpc) is 4.13. The van der Waals surface area contributed by atoms with Crippen molar-refractivity contribution in [2.24, 2.45) is 0 Å². The van der Waals surface area contributed by atoms with Crippen LogP contribution >= 0.6 is 22.7 Å². The van der Waals surface area contributed by atoms with Gasteiger partial charge in [-0.2, -0.15) is 0 Å². The molecule has 64 heavy (non-hydrogen) atoms. The number of Topliss-reactive ketones (excluding diaryl/α,β-unsaturated/α-hetero) is 4. The zero-order valence-electron chi connectivity index (χ0n) is 35.1. The van der Waals surface area contributed by atoms with Gasteiger partial charge in [0.2, 0.25) is 0 Å². The van der Waals surface area contributed by atoms with Gasteiger partial charge in [-0.15, -0.1) is 22.7 Å². The molecule has 2 saturated carbocycles. The summed E-state index contributed by atoms with van der Waals surface area (Å²) in [5, 5.41) is 8.31. The van der Waals surface area contributed by atoms with E-state index in [9.17, 15) is 19.2 Å². The maximum atomic E-state index is 14.1. The van der Waals surface area contributed by atoms with Gasteiger partial charge in [0.1, 0.15) is 0 Å². The van der Waals surface area contributed by atoms with Crippen LogP contribution in [0, 0.1) is 0 Å². The van der Waals surface area contributed by atoms with Gasteiger partial charge in [-0.05, 0) is 164 Å². The number of allylic oxidation sites excluding steroid dienone is 4. The van der Waals surface area contributed by atoms with Crippen LogP contribution in [0.1, 0.15) is 136 Å². The lowest BCUT2D eigenvalue weighted by molar-refractivity contribution is 0.0975. The molecule has 0 atom stereocenters. The lowest BCUT2D eigenvalue weighted by Crippen LogP contribution is -2.28. The summed E-state index contributed by atoms with van der Waals surface area (Å²) in [6.07, 6.45) is 15.1. The zero-order chi connectivity index (χ0) is 42.6. The molecule has 0 unspecified atom stereocenters. The topological polar surface area (TPSA) is 68.3 Å². The summed E-state index contributed by atoms with van der Waals surface area (Å²) in [4.78, 5) is 61.2. The Labute approximate surface area is 377 Å². The molecule has 0 saturated heterocycles. The molecule has 8 aromatic rings. The highest BCUT2D eigenvalue weighted by molar-refractivity contribution is 7.16. The van der Waals surface area contributed by atoms with Crippen molar-refractivity contribution in [2.75, 3.05) is 0 Å². The highest BCUT2D eigenvalue weighted by Gasteiger charge is 2.58. The van der Waals surface area contributed by atoms with Crippen LogP contribution in [0.5, 0.6) is 0 Å². The van der Waals surface area contributed by atoms with Crippen molar-refractivity contribution in [3.63, 3.8) is 0 Å². The minimum absolute atomic E-state index is 0.146. The smallest absolute Gasteiger partial charge is 0.197 e. The Morgan fingerprint density at radius 2 is 0.688 bits per heavy atom. The Bertz CT molecular complexity index is 3250. The first-order valence-corrected chi connectivity index (χ1v) is 24.5. The fourth-order valence-corrected chi connectivity index (χ4v) is 15.6. The monoisotopic (exact) mass is 864 g/mol. The molecule has 2 spiro atoms. The van der Waals surface area contributed by atoms with Gasteiger partial charge in [0.25, 0.3) is 0 Å². The van der Waals surface area contributed by atoms with Crippen molar-refractivity contribution < 1.29 is 19.2 Å². The SMILES string of the molecule is O=C1C(=Cc2cc3c(s2)C2=C(c4sc(C=C5C(=O)c6cc7cc8ccccc8cc7cc6C5=O)cc4C24CCCCC4)C32CCCCC2)C(=O)c2cc3cc4ccccc4cc3cc21. The van der Waals surface area contributed by atoms with E-state index in [-0.39, 0.29) is 45.1 Å². The molecule has 6 heteroatoms. The van der Waals surface area contributed by atoms with Crippen LogP contribution in [-0.2, 0) is 10.8 Å². The van der Waals surface area contributed by atoms with Crippen LogP contribution in [0.15, 0.2) is 120 Å². The molecule has 14 rings (SSSR count). The van der Waals surface area contributed by atoms with Crippen LogP contribution in [0.4, 0.5) is 0 Å². The summed E-state index contributed by atoms with van der Waals surface area (Å²) in [6, 6.07) is 37.2. The third-order valence-corrected chi connectivity index (χ3v) is 18.0. The van der Waals surface area contributed by atoms with Gasteiger partial charge in [-0.25, -0.2) is 0 Å². The first-order valence-electron chi connectivity index (χ1n) is 22.9. The minimum atomic E-state index is -0.187. The van der Waals surface area contributed by atoms with Gasteiger partial charge in [0.15, 0.2) is 23.1 Å². The van der Waals surface area contributed by atoms with Crippen LogP contribution in [0.3, 0.4) is 0 Å². The molecule has 6 aliphatic carbocycles. The van der Waals surface area contributed by atoms with E-state index < -0.39 is 0 Å². The summed E-state index contributed by atoms with van der Waals surface area (Å²) < 4.78 is 0. The van der Waals surface area contributed by atoms with Gasteiger partial charge < -0.3 is 0 Å². The van der Waals surface area contributed by atoms with Crippen LogP contribution in [-0.4, -0.2) is 23.1 Å². The molecule has 2 heterocycles. The molecule has 0 N–H and O–H groups in total. The van der Waals surface area contributed by atoms with Crippen molar-refractivity contribution in [3.05, 3.63) is 173 Å². The third-order valence-electron chi connectivity index (χ3n) is 15.8. The Morgan fingerprint density at radius 1 is 0.375 bits per heavy atom. The number of fused-ring (bicyclic) bond motifs is 14. The van der Waals surface area contributed by atoms with E-state index in [4.69, 9.17) is 0 Å². The molecular formula is C58H40O4S2. The molecule has 4 nitrogen and oxygen atoms in total. The van der Waals surface area contributed by atoms with Crippen LogP contribution in [0.25, 0.3) is 66.4 Å². The lowest BCUT2D eigenvalue weighted by Gasteiger charge is -2.37. The fraction of sp³-hybridized carbons (Fsp3) is 0.207. The van der Waals surface area contributed by atoms with E-state index in [0.29, 0.717) is 22.3 Å². The quantitative estimate of drug-likeness (QED) is 0.0986. The number of benzene rings is 6. The predicted molar refractivity (Wildman–Crippen MR) is 261 cm³/mol. The van der Waals surface area contributed by atoms with E-state index in [1.54, 1.807) is 22.7 Å². The number of carbonyl (C=O) groups is 4. The summed E-state index contributed by atoms with van der Waals surface area (Å²) in [5.74, 6) is -0.746. The molecule has 0 aliphatic heterocycles. The average molecular weight is 865 g/mol. The first-order chi connectivity index (χ1) is 31.3.